The lowest BCUT2D eigenvalue weighted by atomic mass is 10.0. The molecule has 0 heterocycles. The molecule has 0 saturated heterocycles. The van der Waals surface area contributed by atoms with Crippen LogP contribution in [0.5, 0.6) is 0 Å². The quantitative estimate of drug-likeness (QED) is 0.614. The van der Waals surface area contributed by atoms with Gasteiger partial charge in [-0.05, 0) is 18.6 Å². The van der Waals surface area contributed by atoms with Gasteiger partial charge in [-0.2, -0.15) is 5.26 Å². The molecule has 0 aliphatic heterocycles. The molecule has 0 radical (unpaired) electrons. The molecule has 17 heavy (non-hydrogen) atoms. The van der Waals surface area contributed by atoms with Crippen molar-refractivity contribution in [2.45, 2.75) is 19.2 Å². The Balaban J connectivity index is 3.05. The first-order valence-corrected chi connectivity index (χ1v) is 5.59. The van der Waals surface area contributed by atoms with Gasteiger partial charge in [-0.3, -0.25) is 4.79 Å². The molecule has 0 unspecified atom stereocenters. The molecule has 0 aromatic heterocycles. The minimum absolute atomic E-state index is 0.0431. The van der Waals surface area contributed by atoms with Crippen LogP contribution in [0.2, 0.25) is 0 Å². The third-order valence-electron chi connectivity index (χ3n) is 2.23. The predicted molar refractivity (Wildman–Crippen MR) is 61.0 cm³/mol. The Kier molecular flexibility index (Phi) is 4.92. The van der Waals surface area contributed by atoms with E-state index >= 15 is 0 Å². The Bertz CT molecular complexity index is 468. The smallest absolute Gasteiger partial charge is 0.310 e. The van der Waals surface area contributed by atoms with Crippen LogP contribution in [0.1, 0.15) is 23.6 Å². The fourth-order valence-electron chi connectivity index (χ4n) is 1.43. The number of carbonyl (C=O) groups is 1. The van der Waals surface area contributed by atoms with E-state index in [9.17, 15) is 9.18 Å². The molecular weight excluding hydrogens is 245 g/mol. The summed E-state index contributed by atoms with van der Waals surface area (Å²) in [5.74, 6) is -1.19. The zero-order chi connectivity index (χ0) is 12.8. The van der Waals surface area contributed by atoms with E-state index in [1.807, 2.05) is 0 Å². The number of halogens is 2. The summed E-state index contributed by atoms with van der Waals surface area (Å²) in [7, 11) is 0. The Labute approximate surface area is 104 Å². The number of benzene rings is 1. The molecule has 0 aliphatic carbocycles. The lowest BCUT2D eigenvalue weighted by molar-refractivity contribution is -0.142. The Morgan fingerprint density at radius 1 is 1.59 bits per heavy atom. The van der Waals surface area contributed by atoms with Crippen molar-refractivity contribution in [1.29, 1.82) is 5.26 Å². The summed E-state index contributed by atoms with van der Waals surface area (Å²) in [6, 6.07) is 4.58. The first kappa shape index (κ1) is 13.5. The molecule has 0 aliphatic rings. The van der Waals surface area contributed by atoms with Crippen LogP contribution in [0.4, 0.5) is 4.39 Å². The van der Waals surface area contributed by atoms with Gasteiger partial charge in [0.1, 0.15) is 11.9 Å². The molecule has 0 atom stereocenters. The van der Waals surface area contributed by atoms with Crippen molar-refractivity contribution in [3.05, 3.63) is 34.6 Å². The zero-order valence-electron chi connectivity index (χ0n) is 9.30. The van der Waals surface area contributed by atoms with E-state index in [0.717, 1.165) is 0 Å². The van der Waals surface area contributed by atoms with E-state index in [1.54, 1.807) is 13.0 Å². The number of nitriles is 1. The maximum atomic E-state index is 13.7. The number of carbonyl (C=O) groups excluding carboxylic acids is 1. The fraction of sp³-hybridized carbons (Fsp3) is 0.333. The third kappa shape index (κ3) is 3.18. The van der Waals surface area contributed by atoms with Gasteiger partial charge < -0.3 is 4.74 Å². The standard InChI is InChI=1S/C12H11ClFNO2/c1-2-17-11(16)5-8-3-4-9(7-15)12(14)10(8)6-13/h3-4H,2,5-6H2,1H3. The largest absolute Gasteiger partial charge is 0.466 e. The first-order valence-electron chi connectivity index (χ1n) is 5.06. The van der Waals surface area contributed by atoms with Crippen LogP contribution in [-0.2, 0) is 21.8 Å². The van der Waals surface area contributed by atoms with Gasteiger partial charge in [-0.1, -0.05) is 6.07 Å². The summed E-state index contributed by atoms with van der Waals surface area (Å²) < 4.78 is 18.5. The van der Waals surface area contributed by atoms with Gasteiger partial charge >= 0.3 is 5.97 Å². The monoisotopic (exact) mass is 255 g/mol. The van der Waals surface area contributed by atoms with E-state index in [4.69, 9.17) is 21.6 Å². The minimum atomic E-state index is -0.663. The summed E-state index contributed by atoms with van der Waals surface area (Å²) in [4.78, 5) is 11.3. The van der Waals surface area contributed by atoms with Crippen LogP contribution in [-0.4, -0.2) is 12.6 Å². The first-order chi connectivity index (χ1) is 8.13. The van der Waals surface area contributed by atoms with Gasteiger partial charge in [0.05, 0.1) is 24.5 Å². The number of nitrogens with zero attached hydrogens (tertiary/aromatic N) is 1. The van der Waals surface area contributed by atoms with Crippen molar-refractivity contribution in [1.82, 2.24) is 0 Å². The number of rotatable bonds is 4. The topological polar surface area (TPSA) is 50.1 Å². The lowest BCUT2D eigenvalue weighted by Crippen LogP contribution is -2.10. The van der Waals surface area contributed by atoms with Gasteiger partial charge in [-0.25, -0.2) is 4.39 Å². The van der Waals surface area contributed by atoms with Crippen molar-refractivity contribution in [2.24, 2.45) is 0 Å². The molecule has 1 aromatic rings. The number of hydrogen-bond donors (Lipinski definition) is 0. The van der Waals surface area contributed by atoms with Crippen LogP contribution in [0, 0.1) is 17.1 Å². The average molecular weight is 256 g/mol. The second kappa shape index (κ2) is 6.21. The molecule has 0 amide bonds. The highest BCUT2D eigenvalue weighted by molar-refractivity contribution is 6.17. The minimum Gasteiger partial charge on any atom is -0.466 e. The van der Waals surface area contributed by atoms with Crippen LogP contribution in [0.15, 0.2) is 12.1 Å². The zero-order valence-corrected chi connectivity index (χ0v) is 10.1. The molecular formula is C12H11ClFNO2. The van der Waals surface area contributed by atoms with Gasteiger partial charge in [0.25, 0.3) is 0 Å². The maximum Gasteiger partial charge on any atom is 0.310 e. The summed E-state index contributed by atoms with van der Waals surface area (Å²) in [6.07, 6.45) is -0.0431. The Hall–Kier alpha value is -1.60. The maximum absolute atomic E-state index is 13.7. The number of alkyl halides is 1. The number of ether oxygens (including phenoxy) is 1. The molecule has 1 rings (SSSR count). The highest BCUT2D eigenvalue weighted by atomic mass is 35.5. The van der Waals surface area contributed by atoms with Crippen LogP contribution in [0.25, 0.3) is 0 Å². The Morgan fingerprint density at radius 2 is 2.29 bits per heavy atom. The molecule has 1 aromatic carbocycles. The van der Waals surface area contributed by atoms with Crippen molar-refractivity contribution in [3.8, 4) is 6.07 Å². The molecule has 5 heteroatoms. The van der Waals surface area contributed by atoms with Crippen molar-refractivity contribution in [2.75, 3.05) is 6.61 Å². The highest BCUT2D eigenvalue weighted by Gasteiger charge is 2.15. The molecule has 90 valence electrons. The van der Waals surface area contributed by atoms with Crippen LogP contribution >= 0.6 is 11.6 Å². The molecule has 3 nitrogen and oxygen atoms in total. The van der Waals surface area contributed by atoms with Gasteiger partial charge in [-0.15, -0.1) is 11.6 Å². The third-order valence-corrected chi connectivity index (χ3v) is 2.50. The van der Waals surface area contributed by atoms with Crippen LogP contribution < -0.4 is 0 Å². The highest BCUT2D eigenvalue weighted by Crippen LogP contribution is 2.20. The number of esters is 1. The average Bonchev–Trinajstić information content (AvgIpc) is 2.30. The van der Waals surface area contributed by atoms with Gasteiger partial charge in [0.15, 0.2) is 0 Å². The fourth-order valence-corrected chi connectivity index (χ4v) is 1.71. The van der Waals surface area contributed by atoms with Crippen LogP contribution in [0.3, 0.4) is 0 Å². The summed E-state index contributed by atoms with van der Waals surface area (Å²) in [6.45, 7) is 1.97. The second-order valence-corrected chi connectivity index (χ2v) is 3.56. The van der Waals surface area contributed by atoms with E-state index in [2.05, 4.69) is 0 Å². The number of hydrogen-bond acceptors (Lipinski definition) is 3. The summed E-state index contributed by atoms with van der Waals surface area (Å²) >= 11 is 5.63. The predicted octanol–water partition coefficient (Wildman–Crippen LogP) is 2.54. The van der Waals surface area contributed by atoms with E-state index in [1.165, 1.54) is 12.1 Å². The second-order valence-electron chi connectivity index (χ2n) is 3.29. The molecule has 0 bridgehead atoms. The molecule has 0 spiro atoms. The van der Waals surface area contributed by atoms with E-state index in [0.29, 0.717) is 5.56 Å². The molecule has 0 fully saturated rings. The van der Waals surface area contributed by atoms with Crippen molar-refractivity contribution < 1.29 is 13.9 Å². The van der Waals surface area contributed by atoms with Gasteiger partial charge in [0, 0.05) is 5.56 Å². The molecule has 0 saturated carbocycles. The summed E-state index contributed by atoms with van der Waals surface area (Å²) in [5.41, 5.74) is 0.557. The van der Waals surface area contributed by atoms with Gasteiger partial charge in [0.2, 0.25) is 0 Å². The van der Waals surface area contributed by atoms with Crippen molar-refractivity contribution >= 4 is 17.6 Å². The summed E-state index contributed by atoms with van der Waals surface area (Å²) in [5, 5.41) is 8.67. The van der Waals surface area contributed by atoms with E-state index < -0.39 is 11.8 Å². The van der Waals surface area contributed by atoms with Crippen molar-refractivity contribution in [3.63, 3.8) is 0 Å². The Morgan fingerprint density at radius 3 is 2.82 bits per heavy atom. The van der Waals surface area contributed by atoms with E-state index in [-0.39, 0.29) is 30.0 Å². The normalized spacial score (nSPS) is 9.76. The lowest BCUT2D eigenvalue weighted by Gasteiger charge is -2.08. The SMILES string of the molecule is CCOC(=O)Cc1ccc(C#N)c(F)c1CCl. The molecule has 0 N–H and O–H groups in total.